The van der Waals surface area contributed by atoms with Crippen molar-refractivity contribution in [2.75, 3.05) is 13.6 Å². The standard InChI is InChI=1S/C31H46N2O7Si/c1-18(32-27(35)39-28(2,3)4)26(34)37-21-13-14-31(36)22-17-19-11-12-20(40-41(9,10)29(5,6)7)24-23(19)30(31,25(21)38-24)15-16-33(22)8/h11-13,18,22,25,36H,14-17H2,1-10H3,(H,32,35)/t18-,22-,25-,30-,31+/m0/s1. The first kappa shape index (κ1) is 29.9. The molecule has 41 heavy (non-hydrogen) atoms. The van der Waals surface area contributed by atoms with Gasteiger partial charge in [-0.2, -0.15) is 0 Å². The van der Waals surface area contributed by atoms with Gasteiger partial charge in [0.25, 0.3) is 8.32 Å². The molecule has 5 rings (SSSR count). The first-order valence-corrected chi connectivity index (χ1v) is 17.6. The lowest BCUT2D eigenvalue weighted by atomic mass is 9.50. The molecular formula is C31H46N2O7Si. The predicted molar refractivity (Wildman–Crippen MR) is 158 cm³/mol. The Bertz CT molecular complexity index is 1300. The van der Waals surface area contributed by atoms with E-state index in [-0.39, 0.29) is 11.1 Å². The van der Waals surface area contributed by atoms with Crippen LogP contribution in [0.15, 0.2) is 24.0 Å². The molecule has 2 aliphatic heterocycles. The van der Waals surface area contributed by atoms with Crippen LogP contribution in [-0.4, -0.2) is 73.4 Å². The van der Waals surface area contributed by atoms with E-state index in [0.29, 0.717) is 36.5 Å². The summed E-state index contributed by atoms with van der Waals surface area (Å²) in [5.74, 6) is 1.08. The maximum Gasteiger partial charge on any atom is 0.408 e. The number of benzene rings is 1. The van der Waals surface area contributed by atoms with Gasteiger partial charge < -0.3 is 34.0 Å². The number of alkyl carbamates (subject to hydrolysis) is 1. The number of amides is 1. The average Bonchev–Trinajstić information content (AvgIpc) is 3.18. The molecule has 0 aromatic heterocycles. The van der Waals surface area contributed by atoms with Crippen LogP contribution in [0.5, 0.6) is 11.5 Å². The van der Waals surface area contributed by atoms with Crippen molar-refractivity contribution in [2.45, 2.75) is 121 Å². The summed E-state index contributed by atoms with van der Waals surface area (Å²) in [5, 5.41) is 15.1. The zero-order chi connectivity index (χ0) is 30.3. The third kappa shape index (κ3) is 4.66. The number of ether oxygens (including phenoxy) is 3. The van der Waals surface area contributed by atoms with Gasteiger partial charge in [-0.25, -0.2) is 9.59 Å². The minimum atomic E-state index is -2.21. The Morgan fingerprint density at radius 2 is 1.88 bits per heavy atom. The van der Waals surface area contributed by atoms with Crippen molar-refractivity contribution in [1.29, 1.82) is 0 Å². The van der Waals surface area contributed by atoms with Crippen LogP contribution >= 0.6 is 0 Å². The molecule has 226 valence electrons. The largest absolute Gasteiger partial charge is 0.541 e. The molecule has 5 atom stereocenters. The van der Waals surface area contributed by atoms with Crippen LogP contribution in [0, 0.1) is 0 Å². The minimum absolute atomic E-state index is 0.0173. The molecule has 1 saturated heterocycles. The van der Waals surface area contributed by atoms with Crippen molar-refractivity contribution in [3.63, 3.8) is 0 Å². The Kier molecular flexibility index (Phi) is 6.91. The molecule has 0 radical (unpaired) electrons. The number of nitrogens with zero attached hydrogens (tertiary/aromatic N) is 1. The van der Waals surface area contributed by atoms with Gasteiger partial charge in [-0.15, -0.1) is 0 Å². The van der Waals surface area contributed by atoms with Crippen LogP contribution in [0.1, 0.15) is 72.4 Å². The molecule has 2 N–H and O–H groups in total. The lowest BCUT2D eigenvalue weighted by Crippen LogP contribution is -2.74. The number of nitrogens with one attached hydrogen (secondary N) is 1. The normalized spacial score (nSPS) is 29.5. The molecule has 1 amide bonds. The fourth-order valence-electron chi connectivity index (χ4n) is 6.68. The average molecular weight is 587 g/mol. The molecule has 1 aromatic rings. The van der Waals surface area contributed by atoms with Gasteiger partial charge in [0, 0.05) is 18.0 Å². The Balaban J connectivity index is 1.51. The summed E-state index contributed by atoms with van der Waals surface area (Å²) in [6.45, 7) is 18.6. The van der Waals surface area contributed by atoms with E-state index < -0.39 is 49.1 Å². The zero-order valence-electron chi connectivity index (χ0n) is 26.1. The van der Waals surface area contributed by atoms with Crippen molar-refractivity contribution in [1.82, 2.24) is 10.2 Å². The highest BCUT2D eigenvalue weighted by atomic mass is 28.4. The summed E-state index contributed by atoms with van der Waals surface area (Å²) < 4.78 is 24.8. The van der Waals surface area contributed by atoms with Crippen molar-refractivity contribution < 1.29 is 33.3 Å². The summed E-state index contributed by atoms with van der Waals surface area (Å²) in [7, 11) is -0.151. The van der Waals surface area contributed by atoms with Crippen molar-refractivity contribution in [3.8, 4) is 11.5 Å². The van der Waals surface area contributed by atoms with Crippen LogP contribution in [0.2, 0.25) is 18.1 Å². The van der Waals surface area contributed by atoms with Gasteiger partial charge in [-0.3, -0.25) is 0 Å². The van der Waals surface area contributed by atoms with Crippen molar-refractivity contribution in [3.05, 3.63) is 35.1 Å². The van der Waals surface area contributed by atoms with E-state index in [9.17, 15) is 14.7 Å². The first-order valence-electron chi connectivity index (χ1n) is 14.7. The molecule has 2 heterocycles. The lowest BCUT2D eigenvalue weighted by molar-refractivity contribution is -0.169. The van der Waals surface area contributed by atoms with Crippen LogP contribution in [-0.2, 0) is 26.1 Å². The van der Waals surface area contributed by atoms with Crippen LogP contribution in [0.25, 0.3) is 0 Å². The number of carbonyl (C=O) groups is 2. The van der Waals surface area contributed by atoms with Crippen molar-refractivity contribution >= 4 is 20.4 Å². The second kappa shape index (κ2) is 9.47. The van der Waals surface area contributed by atoms with E-state index in [0.717, 1.165) is 17.7 Å². The molecule has 4 aliphatic rings. The molecule has 1 aromatic carbocycles. The summed E-state index contributed by atoms with van der Waals surface area (Å²) in [4.78, 5) is 27.8. The molecule has 1 fully saturated rings. The Hall–Kier alpha value is -2.56. The number of carbonyl (C=O) groups excluding carboxylic acids is 2. The van der Waals surface area contributed by atoms with Gasteiger partial charge in [-0.05, 0) is 90.0 Å². The zero-order valence-corrected chi connectivity index (χ0v) is 27.1. The molecule has 10 heteroatoms. The topological polar surface area (TPSA) is 107 Å². The van der Waals surface area contributed by atoms with Crippen LogP contribution < -0.4 is 14.5 Å². The maximum atomic E-state index is 13.2. The Morgan fingerprint density at radius 3 is 2.51 bits per heavy atom. The number of piperidine rings is 1. The van der Waals surface area contributed by atoms with Gasteiger partial charge in [0.2, 0.25) is 0 Å². The third-order valence-electron chi connectivity index (χ3n) is 9.81. The molecule has 2 bridgehead atoms. The lowest BCUT2D eigenvalue weighted by Gasteiger charge is -2.61. The highest BCUT2D eigenvalue weighted by Gasteiger charge is 2.72. The minimum Gasteiger partial charge on any atom is -0.541 e. The summed E-state index contributed by atoms with van der Waals surface area (Å²) in [6, 6.07) is 3.08. The van der Waals surface area contributed by atoms with Gasteiger partial charge >= 0.3 is 12.1 Å². The molecular weight excluding hydrogens is 540 g/mol. The highest BCUT2D eigenvalue weighted by Crippen LogP contribution is 2.65. The SMILES string of the molecule is C[C@H](NC(=O)OC(C)(C)C)C(=O)OC1=CC[C@@]2(O)[C@@H]3Cc4ccc(O[Si](C)(C)C(C)(C)C)c5c4[C@@]2(CCN3C)[C@H]1O5. The fourth-order valence-corrected chi connectivity index (χ4v) is 7.70. The number of hydrogen-bond donors (Lipinski definition) is 2. The fraction of sp³-hybridized carbons (Fsp3) is 0.677. The first-order chi connectivity index (χ1) is 18.8. The monoisotopic (exact) mass is 586 g/mol. The van der Waals surface area contributed by atoms with Gasteiger partial charge in [-0.1, -0.05) is 26.8 Å². The van der Waals surface area contributed by atoms with Crippen molar-refractivity contribution in [2.24, 2.45) is 0 Å². The number of likely N-dealkylation sites (tertiary alicyclic amines) is 1. The van der Waals surface area contributed by atoms with Crippen LogP contribution in [0.4, 0.5) is 4.79 Å². The second-order valence-electron chi connectivity index (χ2n) is 14.7. The smallest absolute Gasteiger partial charge is 0.408 e. The van der Waals surface area contributed by atoms with E-state index in [4.69, 9.17) is 18.6 Å². The molecule has 0 unspecified atom stereocenters. The van der Waals surface area contributed by atoms with E-state index in [1.807, 2.05) is 6.07 Å². The van der Waals surface area contributed by atoms with Gasteiger partial charge in [0.05, 0.1) is 11.0 Å². The van der Waals surface area contributed by atoms with Gasteiger partial charge in [0.15, 0.2) is 11.9 Å². The highest BCUT2D eigenvalue weighted by molar-refractivity contribution is 6.74. The van der Waals surface area contributed by atoms with E-state index in [1.165, 1.54) is 0 Å². The number of aliphatic hydroxyl groups is 1. The summed E-state index contributed by atoms with van der Waals surface area (Å²) >= 11 is 0. The molecule has 0 saturated carbocycles. The predicted octanol–water partition coefficient (Wildman–Crippen LogP) is 4.80. The third-order valence-corrected chi connectivity index (χ3v) is 14.2. The summed E-state index contributed by atoms with van der Waals surface area (Å²) in [5.41, 5.74) is -0.452. The quantitative estimate of drug-likeness (QED) is 0.374. The summed E-state index contributed by atoms with van der Waals surface area (Å²) in [6.07, 6.45) is 2.06. The number of likely N-dealkylation sites (N-methyl/N-ethyl adjacent to an activating group) is 1. The van der Waals surface area contributed by atoms with Gasteiger partial charge in [0.1, 0.15) is 23.2 Å². The molecule has 1 spiro atoms. The Morgan fingerprint density at radius 1 is 1.20 bits per heavy atom. The van der Waals surface area contributed by atoms with E-state index in [2.05, 4.69) is 57.2 Å². The second-order valence-corrected chi connectivity index (χ2v) is 19.5. The number of hydrogen-bond acceptors (Lipinski definition) is 8. The van der Waals surface area contributed by atoms with E-state index >= 15 is 0 Å². The maximum absolute atomic E-state index is 13.2. The van der Waals surface area contributed by atoms with E-state index in [1.54, 1.807) is 33.8 Å². The Labute approximate surface area is 244 Å². The molecule has 2 aliphatic carbocycles. The van der Waals surface area contributed by atoms with Crippen LogP contribution in [0.3, 0.4) is 0 Å². The number of rotatable bonds is 5. The molecule has 9 nitrogen and oxygen atoms in total. The number of esters is 1.